The summed E-state index contributed by atoms with van der Waals surface area (Å²) < 4.78 is 12.2. The molecule has 0 atom stereocenters. The van der Waals surface area contributed by atoms with E-state index in [0.29, 0.717) is 67.2 Å². The molecule has 0 radical (unpaired) electrons. The van der Waals surface area contributed by atoms with Crippen molar-refractivity contribution in [3.63, 3.8) is 0 Å². The highest BCUT2D eigenvalue weighted by atomic mass is 35.5. The van der Waals surface area contributed by atoms with E-state index < -0.39 is 19.7 Å². The van der Waals surface area contributed by atoms with Gasteiger partial charge in [0.05, 0.1) is 123 Å². The number of hydrogen-bond acceptors (Lipinski definition) is 25. The zero-order valence-electron chi connectivity index (χ0n) is 77.9. The van der Waals surface area contributed by atoms with E-state index in [-0.39, 0.29) is 40.4 Å². The average molecular weight is 1960 g/mol. The molecule has 22 rings (SSSR count). The molecule has 0 unspecified atom stereocenters. The van der Waals surface area contributed by atoms with Gasteiger partial charge in [0.1, 0.15) is 29.2 Å². The standard InChI is InChI=1S/2C24H17N5O2.C22H16N4O3.C20H14N4O2.C19H15ClN6O.CO2/c30-29(31)22-13-11-21(12-14-22)28-24(18-7-3-1-4-8-18)15-23(26-28)19-16-25-27(17-19)20-9-5-2-6-10-20;30-29(31)21-13-11-20(12-14-21)28-24(18-7-3-1-4-8-18)17-22(26-28)23-15-16-25-27(23)19-9-5-2-6-10-19;1-15(27)20-21(17-9-6-12-23-14-17)24-25(22(20)16-7-3-2-4-8-16)18-10-5-11-19(13-18)26(28)29;25-24(26)18-10-4-9-17(12-18)23-20(15-6-2-1-3-7-15)13-19(22-23)16-8-5-11-21-14-16;1-11-3-4-18(24-23-11)26-9-14(16-5-6-21-10-22-16)19(25-26)13-7-15(20)12(2)17(27)8-13;2-1-3/h2*1-17H;2-14H,1H3;1-14H;3-10,27H,1-2H3;. The monoisotopic (exact) mass is 1960 g/mol. The van der Waals surface area contributed by atoms with Crippen LogP contribution in [0.25, 0.3) is 153 Å². The molecule has 0 spiro atoms. The van der Waals surface area contributed by atoms with Crippen molar-refractivity contribution in [1.29, 1.82) is 0 Å². The van der Waals surface area contributed by atoms with Gasteiger partial charge in [0.2, 0.25) is 0 Å². The Morgan fingerprint density at radius 1 is 0.347 bits per heavy atom. The van der Waals surface area contributed by atoms with Crippen LogP contribution in [0.5, 0.6) is 5.75 Å². The van der Waals surface area contributed by atoms with Crippen LogP contribution in [0.2, 0.25) is 5.02 Å². The molecule has 37 heteroatoms. The molecule has 0 aliphatic heterocycles. The highest BCUT2D eigenvalue weighted by Crippen LogP contribution is 2.41. The van der Waals surface area contributed by atoms with E-state index in [2.05, 4.69) is 55.6 Å². The Hall–Kier alpha value is -20.9. The summed E-state index contributed by atoms with van der Waals surface area (Å²) in [6, 6.07) is 108. The number of carbonyl (C=O) groups excluding carboxylic acids is 3. The predicted molar refractivity (Wildman–Crippen MR) is 551 cm³/mol. The number of phenolic OH excluding ortho intramolecular Hbond substituents is 1. The van der Waals surface area contributed by atoms with Gasteiger partial charge in [0.25, 0.3) is 22.7 Å². The molecule has 718 valence electrons. The summed E-state index contributed by atoms with van der Waals surface area (Å²) in [4.78, 5) is 88.3. The quantitative estimate of drug-likeness (QED) is 0.0374. The number of aryl methyl sites for hydroxylation is 1. The Balaban J connectivity index is 0.000000125. The van der Waals surface area contributed by atoms with Crippen molar-refractivity contribution in [3.05, 3.63) is 482 Å². The van der Waals surface area contributed by atoms with Crippen LogP contribution in [-0.4, -0.2) is 135 Å². The largest absolute Gasteiger partial charge is 0.508 e. The predicted octanol–water partition coefficient (Wildman–Crippen LogP) is 23.0. The number of Topliss-reactive ketones (excluding diaryl/α,β-unsaturated/α-hetero) is 1. The van der Waals surface area contributed by atoms with Crippen molar-refractivity contribution in [2.45, 2.75) is 20.8 Å². The summed E-state index contributed by atoms with van der Waals surface area (Å²) in [5, 5.41) is 96.0. The third kappa shape index (κ3) is 22.8. The Bertz CT molecular complexity index is 8410. The molecule has 0 amide bonds. The molecule has 0 aliphatic rings. The van der Waals surface area contributed by atoms with Gasteiger partial charge in [-0.3, -0.25) is 55.2 Å². The van der Waals surface area contributed by atoms with Crippen molar-refractivity contribution in [2.75, 3.05) is 0 Å². The van der Waals surface area contributed by atoms with E-state index >= 15 is 0 Å². The van der Waals surface area contributed by atoms with Crippen LogP contribution in [0, 0.1) is 54.3 Å². The molecule has 0 bridgehead atoms. The topological polar surface area (TPSA) is 446 Å². The van der Waals surface area contributed by atoms with Gasteiger partial charge in [-0.15, -0.1) is 5.10 Å². The molecule has 0 saturated heterocycles. The molecule has 11 aromatic carbocycles. The Morgan fingerprint density at radius 3 is 1.29 bits per heavy atom. The summed E-state index contributed by atoms with van der Waals surface area (Å²) in [6.45, 7) is 5.11. The number of phenols is 1. The van der Waals surface area contributed by atoms with E-state index in [1.54, 1.807) is 147 Å². The molecule has 22 aromatic rings. The molecular weight excluding hydrogens is 1880 g/mol. The second kappa shape index (κ2) is 45.4. The number of halogens is 1. The highest BCUT2D eigenvalue weighted by Gasteiger charge is 2.28. The maximum atomic E-state index is 12.7. The Kier molecular flexibility index (Phi) is 30.1. The fourth-order valence-corrected chi connectivity index (χ4v) is 15.8. The van der Waals surface area contributed by atoms with Gasteiger partial charge in [-0.05, 0) is 160 Å². The normalized spacial score (nSPS) is 10.6. The number of carbonyl (C=O) groups is 1. The number of aromatic hydroxyl groups is 1. The third-order valence-electron chi connectivity index (χ3n) is 22.7. The number of nitro groups is 4. The second-order valence-electron chi connectivity index (χ2n) is 32.2. The van der Waals surface area contributed by atoms with E-state index in [1.807, 2.05) is 265 Å². The van der Waals surface area contributed by atoms with Crippen molar-refractivity contribution < 1.29 is 39.2 Å². The maximum absolute atomic E-state index is 12.7. The number of hydrogen-bond donors (Lipinski definition) is 1. The van der Waals surface area contributed by atoms with E-state index in [0.717, 1.165) is 107 Å². The fourth-order valence-electron chi connectivity index (χ4n) is 15.6. The highest BCUT2D eigenvalue weighted by molar-refractivity contribution is 6.32. The molecule has 0 fully saturated rings. The number of nitro benzene ring substituents is 4. The smallest absolute Gasteiger partial charge is 0.373 e. The van der Waals surface area contributed by atoms with Crippen LogP contribution >= 0.6 is 11.6 Å². The minimum absolute atomic E-state index is 0.0277. The van der Waals surface area contributed by atoms with Gasteiger partial charge in [0, 0.05) is 153 Å². The SMILES string of the molecule is CC(=O)c1c(-c2cccnc2)nn(-c2cccc([N+](=O)[O-])c2)c1-c1ccccc1.Cc1ccc(-n2cc(-c3ccncn3)c(-c3cc(O)c(C)c(Cl)c3)n2)nn1.O=C=O.O=[N+]([O-])c1ccc(-n2nc(-c3ccnn3-c3ccccc3)cc2-c2ccccc2)cc1.O=[N+]([O-])c1ccc(-n2nc(-c3cnn(-c4ccccc4)c3)cc2-c2ccccc2)cc1.O=[N+]([O-])c1cccc(-n2nc(-c3cccnc3)cc2-c2ccccc2)c1. The molecule has 1 N–H and O–H groups in total. The van der Waals surface area contributed by atoms with Gasteiger partial charge in [-0.1, -0.05) is 181 Å². The van der Waals surface area contributed by atoms with Gasteiger partial charge < -0.3 is 5.11 Å². The van der Waals surface area contributed by atoms with Crippen molar-refractivity contribution in [2.24, 2.45) is 0 Å². The zero-order chi connectivity index (χ0) is 102. The first kappa shape index (κ1) is 97.7. The van der Waals surface area contributed by atoms with Crippen molar-refractivity contribution >= 4 is 46.3 Å². The maximum Gasteiger partial charge on any atom is 0.373 e. The lowest BCUT2D eigenvalue weighted by Gasteiger charge is -2.09. The van der Waals surface area contributed by atoms with Crippen molar-refractivity contribution in [3.8, 4) is 158 Å². The van der Waals surface area contributed by atoms with Crippen LogP contribution < -0.4 is 0 Å². The lowest BCUT2D eigenvalue weighted by Crippen LogP contribution is -2.02. The minimum atomic E-state index is -0.455. The number of pyridine rings is 2. The van der Waals surface area contributed by atoms with Crippen molar-refractivity contribution in [1.82, 2.24) is 98.6 Å². The second-order valence-corrected chi connectivity index (χ2v) is 32.6. The van der Waals surface area contributed by atoms with Gasteiger partial charge >= 0.3 is 6.15 Å². The van der Waals surface area contributed by atoms with Crippen LogP contribution in [0.3, 0.4) is 0 Å². The molecule has 11 heterocycles. The van der Waals surface area contributed by atoms with Crippen LogP contribution in [-0.2, 0) is 9.59 Å². The third-order valence-corrected chi connectivity index (χ3v) is 23.1. The first-order valence-electron chi connectivity index (χ1n) is 44.9. The molecule has 0 saturated carbocycles. The first-order valence-corrected chi connectivity index (χ1v) is 45.3. The number of ketones is 1. The van der Waals surface area contributed by atoms with Gasteiger partial charge in [-0.2, -0.15) is 50.4 Å². The number of non-ortho nitro benzene ring substituents is 4. The number of benzene rings is 11. The summed E-state index contributed by atoms with van der Waals surface area (Å²) in [5.41, 5.74) is 22.2. The molecule has 147 heavy (non-hydrogen) atoms. The summed E-state index contributed by atoms with van der Waals surface area (Å²) in [6.07, 6.45) is 17.4. The number of nitrogens with zero attached hydrogens (tertiary/aromatic N) is 24. The first-order chi connectivity index (χ1) is 71.6. The zero-order valence-corrected chi connectivity index (χ0v) is 78.6. The number of para-hydroxylation sites is 2. The molecule has 11 aromatic heterocycles. The molecule has 36 nitrogen and oxygen atoms in total. The van der Waals surface area contributed by atoms with E-state index in [9.17, 15) is 50.4 Å². The molecular formula is C110H79ClN24O12. The van der Waals surface area contributed by atoms with Crippen LogP contribution in [0.1, 0.15) is 28.5 Å². The Labute approximate surface area is 840 Å². The fraction of sp³-hybridized carbons (Fsp3) is 0.0273. The molecule has 0 aliphatic carbocycles. The lowest BCUT2D eigenvalue weighted by molar-refractivity contribution is -0.385. The summed E-state index contributed by atoms with van der Waals surface area (Å²) in [5.74, 6) is 0.528. The van der Waals surface area contributed by atoms with Crippen LogP contribution in [0.4, 0.5) is 22.7 Å². The van der Waals surface area contributed by atoms with Gasteiger partial charge in [0.15, 0.2) is 11.6 Å². The van der Waals surface area contributed by atoms with Crippen LogP contribution in [0.15, 0.2) is 420 Å². The summed E-state index contributed by atoms with van der Waals surface area (Å²) in [7, 11) is 0. The Morgan fingerprint density at radius 2 is 0.810 bits per heavy atom. The average Bonchev–Trinajstić information content (AvgIpc) is 1.58. The van der Waals surface area contributed by atoms with Gasteiger partial charge in [-0.25, -0.2) is 42.7 Å². The summed E-state index contributed by atoms with van der Waals surface area (Å²) >= 11 is 6.27. The minimum Gasteiger partial charge on any atom is -0.508 e. The van der Waals surface area contributed by atoms with E-state index in [1.165, 1.54) is 61.8 Å². The van der Waals surface area contributed by atoms with E-state index in [4.69, 9.17) is 31.4 Å². The number of rotatable bonds is 22. The number of aromatic nitrogens is 20. The lowest BCUT2D eigenvalue weighted by atomic mass is 10.00.